The van der Waals surface area contributed by atoms with Crippen LogP contribution in [0, 0.1) is 5.92 Å². The summed E-state index contributed by atoms with van der Waals surface area (Å²) in [4.78, 5) is 23.8. The van der Waals surface area contributed by atoms with E-state index in [1.165, 1.54) is 0 Å². The van der Waals surface area contributed by atoms with Crippen molar-refractivity contribution in [2.24, 2.45) is 5.92 Å². The molecule has 1 saturated heterocycles. The summed E-state index contributed by atoms with van der Waals surface area (Å²) in [6.45, 7) is 1.71. The van der Waals surface area contributed by atoms with Crippen LogP contribution in [0.3, 0.4) is 0 Å². The normalized spacial score (nSPS) is 22.0. The molecular formula is C20H23N3O. The van der Waals surface area contributed by atoms with E-state index in [0.29, 0.717) is 11.8 Å². The molecule has 24 heavy (non-hydrogen) atoms. The SMILES string of the molecule is O=C(C1CC=CCC1)N1CCC(c2ccc3cccnc3n2)CC1. The van der Waals surface area contributed by atoms with E-state index in [-0.39, 0.29) is 5.92 Å². The van der Waals surface area contributed by atoms with Crippen LogP contribution >= 0.6 is 0 Å². The molecule has 1 amide bonds. The van der Waals surface area contributed by atoms with E-state index in [0.717, 1.165) is 61.9 Å². The average Bonchev–Trinajstić information content (AvgIpc) is 2.68. The van der Waals surface area contributed by atoms with Crippen LogP contribution in [0.25, 0.3) is 11.0 Å². The molecule has 4 rings (SSSR count). The number of hydrogen-bond donors (Lipinski definition) is 0. The fourth-order valence-corrected chi connectivity index (χ4v) is 3.87. The zero-order chi connectivity index (χ0) is 16.4. The minimum atomic E-state index is 0.203. The Labute approximate surface area is 142 Å². The topological polar surface area (TPSA) is 46.1 Å². The van der Waals surface area contributed by atoms with E-state index in [1.807, 2.05) is 12.1 Å². The van der Waals surface area contributed by atoms with Gasteiger partial charge in [-0.2, -0.15) is 0 Å². The smallest absolute Gasteiger partial charge is 0.226 e. The first kappa shape index (κ1) is 15.3. The van der Waals surface area contributed by atoms with Crippen molar-refractivity contribution >= 4 is 16.9 Å². The lowest BCUT2D eigenvalue weighted by Gasteiger charge is -2.34. The number of carbonyl (C=O) groups excluding carboxylic acids is 1. The molecule has 2 aromatic heterocycles. The Bertz CT molecular complexity index is 762. The lowest BCUT2D eigenvalue weighted by molar-refractivity contribution is -0.136. The molecule has 1 fully saturated rings. The maximum absolute atomic E-state index is 12.6. The van der Waals surface area contributed by atoms with Gasteiger partial charge >= 0.3 is 0 Å². The molecule has 1 atom stereocenters. The molecule has 0 radical (unpaired) electrons. The number of fused-ring (bicyclic) bond motifs is 1. The third-order valence-corrected chi connectivity index (χ3v) is 5.33. The van der Waals surface area contributed by atoms with Gasteiger partial charge in [-0.1, -0.05) is 12.2 Å². The molecule has 1 aliphatic carbocycles. The zero-order valence-electron chi connectivity index (χ0n) is 13.9. The summed E-state index contributed by atoms with van der Waals surface area (Å²) in [6, 6.07) is 8.21. The van der Waals surface area contributed by atoms with Gasteiger partial charge in [-0.15, -0.1) is 0 Å². The number of aromatic nitrogens is 2. The summed E-state index contributed by atoms with van der Waals surface area (Å²) in [7, 11) is 0. The van der Waals surface area contributed by atoms with Gasteiger partial charge in [0.2, 0.25) is 5.91 Å². The lowest BCUT2D eigenvalue weighted by Crippen LogP contribution is -2.41. The minimum Gasteiger partial charge on any atom is -0.342 e. The minimum absolute atomic E-state index is 0.203. The Kier molecular flexibility index (Phi) is 4.28. The maximum atomic E-state index is 12.6. The number of rotatable bonds is 2. The van der Waals surface area contributed by atoms with Gasteiger partial charge in [0.1, 0.15) is 0 Å². The van der Waals surface area contributed by atoms with Gasteiger partial charge in [-0.05, 0) is 56.4 Å². The molecule has 1 unspecified atom stereocenters. The monoisotopic (exact) mass is 321 g/mol. The van der Waals surface area contributed by atoms with Gasteiger partial charge in [0.15, 0.2) is 5.65 Å². The zero-order valence-corrected chi connectivity index (χ0v) is 13.9. The number of piperidine rings is 1. The van der Waals surface area contributed by atoms with Crippen molar-refractivity contribution in [1.29, 1.82) is 0 Å². The highest BCUT2D eigenvalue weighted by Crippen LogP contribution is 2.30. The van der Waals surface area contributed by atoms with Gasteiger partial charge in [0.25, 0.3) is 0 Å². The number of hydrogen-bond acceptors (Lipinski definition) is 3. The number of amides is 1. The highest BCUT2D eigenvalue weighted by molar-refractivity contribution is 5.79. The van der Waals surface area contributed by atoms with Crippen molar-refractivity contribution in [2.45, 2.75) is 38.0 Å². The molecule has 0 spiro atoms. The van der Waals surface area contributed by atoms with Gasteiger partial charge < -0.3 is 4.90 Å². The summed E-state index contributed by atoms with van der Waals surface area (Å²) in [6.07, 6.45) is 11.1. The van der Waals surface area contributed by atoms with Crippen LogP contribution in [0.2, 0.25) is 0 Å². The van der Waals surface area contributed by atoms with Crippen LogP contribution in [0.5, 0.6) is 0 Å². The number of allylic oxidation sites excluding steroid dienone is 2. The second-order valence-electron chi connectivity index (χ2n) is 6.87. The van der Waals surface area contributed by atoms with E-state index in [4.69, 9.17) is 4.98 Å². The van der Waals surface area contributed by atoms with Crippen LogP contribution in [0.4, 0.5) is 0 Å². The van der Waals surface area contributed by atoms with Gasteiger partial charge in [0.05, 0.1) is 0 Å². The van der Waals surface area contributed by atoms with Crippen molar-refractivity contribution in [3.63, 3.8) is 0 Å². The Hall–Kier alpha value is -2.23. The average molecular weight is 321 g/mol. The summed E-state index contributed by atoms with van der Waals surface area (Å²) >= 11 is 0. The first-order chi connectivity index (χ1) is 11.8. The Morgan fingerprint density at radius 2 is 1.96 bits per heavy atom. The summed E-state index contributed by atoms with van der Waals surface area (Å²) in [5.74, 6) is 0.993. The van der Waals surface area contributed by atoms with Gasteiger partial charge in [-0.3, -0.25) is 4.79 Å². The predicted molar refractivity (Wildman–Crippen MR) is 94.6 cm³/mol. The van der Waals surface area contributed by atoms with E-state index >= 15 is 0 Å². The lowest BCUT2D eigenvalue weighted by atomic mass is 9.89. The summed E-state index contributed by atoms with van der Waals surface area (Å²) in [5, 5.41) is 1.08. The van der Waals surface area contributed by atoms with E-state index in [2.05, 4.69) is 34.2 Å². The van der Waals surface area contributed by atoms with Crippen LogP contribution in [0.15, 0.2) is 42.6 Å². The van der Waals surface area contributed by atoms with Crippen LogP contribution in [-0.2, 0) is 4.79 Å². The number of likely N-dealkylation sites (tertiary alicyclic amines) is 1. The highest BCUT2D eigenvalue weighted by Gasteiger charge is 2.29. The highest BCUT2D eigenvalue weighted by atomic mass is 16.2. The third kappa shape index (κ3) is 3.05. The van der Waals surface area contributed by atoms with E-state index in [9.17, 15) is 4.79 Å². The second-order valence-corrected chi connectivity index (χ2v) is 6.87. The Morgan fingerprint density at radius 1 is 1.08 bits per heavy atom. The molecule has 0 bridgehead atoms. The fraction of sp³-hybridized carbons (Fsp3) is 0.450. The van der Waals surface area contributed by atoms with Crippen molar-refractivity contribution in [3.8, 4) is 0 Å². The standard InChI is InChI=1S/C20H23N3O/c24-20(17-5-2-1-3-6-17)23-13-10-15(11-14-23)18-9-8-16-7-4-12-21-19(16)22-18/h1-2,4,7-9,12,15,17H,3,5-6,10-11,13-14H2. The van der Waals surface area contributed by atoms with E-state index in [1.54, 1.807) is 6.20 Å². The van der Waals surface area contributed by atoms with Crippen LogP contribution in [-0.4, -0.2) is 33.9 Å². The first-order valence-corrected chi connectivity index (χ1v) is 8.97. The number of carbonyl (C=O) groups is 1. The fourth-order valence-electron chi connectivity index (χ4n) is 3.87. The molecule has 0 N–H and O–H groups in total. The molecule has 2 aliphatic rings. The van der Waals surface area contributed by atoms with E-state index < -0.39 is 0 Å². The van der Waals surface area contributed by atoms with Crippen LogP contribution < -0.4 is 0 Å². The van der Waals surface area contributed by atoms with Crippen molar-refractivity contribution in [2.75, 3.05) is 13.1 Å². The largest absolute Gasteiger partial charge is 0.342 e. The molecular weight excluding hydrogens is 298 g/mol. The second kappa shape index (κ2) is 6.71. The molecule has 124 valence electrons. The summed E-state index contributed by atoms with van der Waals surface area (Å²) in [5.41, 5.74) is 1.94. The molecule has 4 nitrogen and oxygen atoms in total. The molecule has 4 heteroatoms. The number of nitrogens with zero attached hydrogens (tertiary/aromatic N) is 3. The molecule has 3 heterocycles. The number of pyridine rings is 2. The van der Waals surface area contributed by atoms with Crippen molar-refractivity contribution in [1.82, 2.24) is 14.9 Å². The first-order valence-electron chi connectivity index (χ1n) is 8.97. The van der Waals surface area contributed by atoms with Crippen molar-refractivity contribution < 1.29 is 4.79 Å². The van der Waals surface area contributed by atoms with Gasteiger partial charge in [0, 0.05) is 42.2 Å². The molecule has 2 aromatic rings. The van der Waals surface area contributed by atoms with Crippen molar-refractivity contribution in [3.05, 3.63) is 48.3 Å². The predicted octanol–water partition coefficient (Wildman–Crippen LogP) is 3.69. The molecule has 1 aliphatic heterocycles. The maximum Gasteiger partial charge on any atom is 0.226 e. The van der Waals surface area contributed by atoms with Gasteiger partial charge in [-0.25, -0.2) is 9.97 Å². The Morgan fingerprint density at radius 3 is 2.75 bits per heavy atom. The van der Waals surface area contributed by atoms with Crippen LogP contribution in [0.1, 0.15) is 43.7 Å². The third-order valence-electron chi connectivity index (χ3n) is 5.33. The quantitative estimate of drug-likeness (QED) is 0.793. The molecule has 0 saturated carbocycles. The summed E-state index contributed by atoms with van der Waals surface area (Å²) < 4.78 is 0. The molecule has 0 aromatic carbocycles. The Balaban J connectivity index is 1.41.